The number of hydrogen-bond donors (Lipinski definition) is 2. The molecule has 0 aromatic heterocycles. The molecular formula is C6H12N4OS. The fourth-order valence-corrected chi connectivity index (χ4v) is 0.705. The third-order valence-corrected chi connectivity index (χ3v) is 1.38. The summed E-state index contributed by atoms with van der Waals surface area (Å²) in [5.74, 6) is 0.272. The van der Waals surface area contributed by atoms with E-state index < -0.39 is 0 Å². The highest BCUT2D eigenvalue weighted by molar-refractivity contribution is 8.01. The molecule has 0 rings (SSSR count). The van der Waals surface area contributed by atoms with Crippen LogP contribution in [0.5, 0.6) is 0 Å². The lowest BCUT2D eigenvalue weighted by atomic mass is 10.4. The Balaban J connectivity index is 4.17. The van der Waals surface area contributed by atoms with Crippen LogP contribution < -0.4 is 11.5 Å². The summed E-state index contributed by atoms with van der Waals surface area (Å²) in [5.41, 5.74) is 11.2. The summed E-state index contributed by atoms with van der Waals surface area (Å²) in [7, 11) is 1.44. The van der Waals surface area contributed by atoms with Gasteiger partial charge in [0.05, 0.1) is 5.03 Å². The van der Waals surface area contributed by atoms with Crippen LogP contribution in [0.3, 0.4) is 0 Å². The molecule has 0 unspecified atom stereocenters. The van der Waals surface area contributed by atoms with Crippen molar-refractivity contribution in [2.24, 2.45) is 21.0 Å². The Morgan fingerprint density at radius 1 is 1.50 bits per heavy atom. The van der Waals surface area contributed by atoms with Crippen LogP contribution in [0.4, 0.5) is 0 Å². The van der Waals surface area contributed by atoms with Gasteiger partial charge in [-0.05, 0) is 6.92 Å². The lowest BCUT2D eigenvalue weighted by Crippen LogP contribution is -2.20. The van der Waals surface area contributed by atoms with E-state index in [2.05, 4.69) is 21.0 Å². The minimum absolute atomic E-state index is 0.272. The van der Waals surface area contributed by atoms with Crippen LogP contribution in [0, 0.1) is 0 Å². The van der Waals surface area contributed by atoms with Crippen molar-refractivity contribution in [2.75, 3.05) is 7.11 Å². The predicted octanol–water partition coefficient (Wildman–Crippen LogP) is 0.444. The summed E-state index contributed by atoms with van der Waals surface area (Å²) in [6.45, 7) is 5.12. The van der Waals surface area contributed by atoms with Crippen molar-refractivity contribution in [3.8, 4) is 0 Å². The zero-order valence-electron chi connectivity index (χ0n) is 7.07. The van der Waals surface area contributed by atoms with Gasteiger partial charge in [0.25, 0.3) is 0 Å². The monoisotopic (exact) mass is 188 g/mol. The SMILES string of the molecule is C=C(N)SN=C(N)/C(C)=N/OC. The molecule has 0 aliphatic heterocycles. The van der Waals surface area contributed by atoms with Gasteiger partial charge in [-0.25, -0.2) is 0 Å². The second kappa shape index (κ2) is 5.48. The summed E-state index contributed by atoms with van der Waals surface area (Å²) in [4.78, 5) is 4.50. The Bertz CT molecular complexity index is 224. The molecule has 0 saturated carbocycles. The van der Waals surface area contributed by atoms with Gasteiger partial charge in [-0.3, -0.25) is 0 Å². The van der Waals surface area contributed by atoms with Gasteiger partial charge in [0.1, 0.15) is 12.8 Å². The first-order valence-electron chi connectivity index (χ1n) is 3.11. The number of amidine groups is 1. The van der Waals surface area contributed by atoms with Crippen LogP contribution >= 0.6 is 11.9 Å². The summed E-state index contributed by atoms with van der Waals surface area (Å²) in [5, 5.41) is 3.96. The smallest absolute Gasteiger partial charge is 0.156 e. The standard InChI is InChI=1S/C6H12N4OS/c1-4(9-11-3)6(8)10-12-5(2)7/h2,7H2,1,3H3,(H2,8,10)/b9-4+. The fraction of sp³-hybridized carbons (Fsp3) is 0.333. The van der Waals surface area contributed by atoms with Gasteiger partial charge < -0.3 is 16.3 Å². The summed E-state index contributed by atoms with van der Waals surface area (Å²) >= 11 is 1.00. The van der Waals surface area contributed by atoms with Crippen LogP contribution in [-0.2, 0) is 4.84 Å². The highest BCUT2D eigenvalue weighted by Gasteiger charge is 1.97. The average Bonchev–Trinajstić information content (AvgIpc) is 2.00. The molecule has 0 saturated heterocycles. The molecule has 0 fully saturated rings. The second-order valence-corrected chi connectivity index (χ2v) is 2.78. The van der Waals surface area contributed by atoms with E-state index in [1.807, 2.05) is 0 Å². The van der Waals surface area contributed by atoms with E-state index >= 15 is 0 Å². The lowest BCUT2D eigenvalue weighted by molar-refractivity contribution is 0.214. The maximum absolute atomic E-state index is 5.47. The molecule has 0 bridgehead atoms. The van der Waals surface area contributed by atoms with Gasteiger partial charge in [-0.2, -0.15) is 4.40 Å². The fourth-order valence-electron chi connectivity index (χ4n) is 0.358. The molecule has 0 aromatic carbocycles. The minimum atomic E-state index is 0.272. The first-order valence-corrected chi connectivity index (χ1v) is 3.88. The van der Waals surface area contributed by atoms with Crippen molar-refractivity contribution >= 4 is 23.5 Å². The molecule has 68 valence electrons. The minimum Gasteiger partial charge on any atom is -0.399 e. The van der Waals surface area contributed by atoms with Crippen LogP contribution in [0.1, 0.15) is 6.92 Å². The maximum Gasteiger partial charge on any atom is 0.156 e. The number of hydrogen-bond acceptors (Lipinski definition) is 5. The number of rotatable bonds is 4. The van der Waals surface area contributed by atoms with Gasteiger partial charge in [0.15, 0.2) is 5.84 Å². The van der Waals surface area contributed by atoms with E-state index in [0.29, 0.717) is 10.7 Å². The molecule has 12 heavy (non-hydrogen) atoms. The number of oxime groups is 1. The van der Waals surface area contributed by atoms with Gasteiger partial charge >= 0.3 is 0 Å². The molecule has 0 aliphatic carbocycles. The molecule has 0 heterocycles. The Hall–Kier alpha value is -1.17. The third-order valence-electron chi connectivity index (χ3n) is 0.860. The normalized spacial score (nSPS) is 12.8. The molecule has 4 N–H and O–H groups in total. The quantitative estimate of drug-likeness (QED) is 0.290. The lowest BCUT2D eigenvalue weighted by Gasteiger charge is -1.97. The Morgan fingerprint density at radius 3 is 2.50 bits per heavy atom. The number of nitrogens with two attached hydrogens (primary N) is 2. The van der Waals surface area contributed by atoms with E-state index in [1.165, 1.54) is 7.11 Å². The Labute approximate surface area is 75.7 Å². The summed E-state index contributed by atoms with van der Waals surface area (Å²) < 4.78 is 3.82. The largest absolute Gasteiger partial charge is 0.399 e. The highest BCUT2D eigenvalue weighted by atomic mass is 32.2. The zero-order chi connectivity index (χ0) is 9.56. The van der Waals surface area contributed by atoms with Crippen LogP contribution in [0.2, 0.25) is 0 Å². The molecule has 0 aliphatic rings. The van der Waals surface area contributed by atoms with Gasteiger partial charge in [0, 0.05) is 11.9 Å². The average molecular weight is 188 g/mol. The van der Waals surface area contributed by atoms with Gasteiger partial charge in [-0.15, -0.1) is 0 Å². The first-order chi connectivity index (χ1) is 5.57. The van der Waals surface area contributed by atoms with Crippen molar-refractivity contribution in [3.63, 3.8) is 0 Å². The molecule has 0 aromatic rings. The van der Waals surface area contributed by atoms with Crippen molar-refractivity contribution in [3.05, 3.63) is 11.6 Å². The maximum atomic E-state index is 5.47. The van der Waals surface area contributed by atoms with E-state index in [1.54, 1.807) is 6.92 Å². The summed E-state index contributed by atoms with van der Waals surface area (Å²) in [6.07, 6.45) is 0. The first kappa shape index (κ1) is 10.8. The van der Waals surface area contributed by atoms with E-state index in [9.17, 15) is 0 Å². The van der Waals surface area contributed by atoms with Crippen LogP contribution in [-0.4, -0.2) is 18.7 Å². The Kier molecular flexibility index (Phi) is 4.94. The highest BCUT2D eigenvalue weighted by Crippen LogP contribution is 2.07. The molecule has 6 heteroatoms. The van der Waals surface area contributed by atoms with Crippen molar-refractivity contribution in [1.29, 1.82) is 0 Å². The zero-order valence-corrected chi connectivity index (χ0v) is 7.89. The molecule has 0 radical (unpaired) electrons. The van der Waals surface area contributed by atoms with Crippen LogP contribution in [0.25, 0.3) is 0 Å². The summed E-state index contributed by atoms with van der Waals surface area (Å²) in [6, 6.07) is 0. The second-order valence-electron chi connectivity index (χ2n) is 1.89. The van der Waals surface area contributed by atoms with Gasteiger partial charge in [0.2, 0.25) is 0 Å². The van der Waals surface area contributed by atoms with E-state index in [-0.39, 0.29) is 5.84 Å². The van der Waals surface area contributed by atoms with Crippen molar-refractivity contribution < 1.29 is 4.84 Å². The van der Waals surface area contributed by atoms with E-state index in [4.69, 9.17) is 11.5 Å². The van der Waals surface area contributed by atoms with Crippen molar-refractivity contribution in [1.82, 2.24) is 0 Å². The molecule has 0 amide bonds. The van der Waals surface area contributed by atoms with Crippen molar-refractivity contribution in [2.45, 2.75) is 6.92 Å². The molecule has 0 spiro atoms. The molecule has 5 nitrogen and oxygen atoms in total. The van der Waals surface area contributed by atoms with E-state index in [0.717, 1.165) is 11.9 Å². The predicted molar refractivity (Wildman–Crippen MR) is 52.7 cm³/mol. The van der Waals surface area contributed by atoms with Gasteiger partial charge in [-0.1, -0.05) is 11.7 Å². The number of nitrogens with zero attached hydrogens (tertiary/aromatic N) is 2. The van der Waals surface area contributed by atoms with Crippen LogP contribution in [0.15, 0.2) is 21.2 Å². The molecule has 0 atom stereocenters. The topological polar surface area (TPSA) is 86.0 Å². The third kappa shape index (κ3) is 4.62. The Morgan fingerprint density at radius 2 is 2.08 bits per heavy atom. The molecular weight excluding hydrogens is 176 g/mol.